The maximum absolute atomic E-state index is 11.9. The molecule has 21 heavy (non-hydrogen) atoms. The molecular formula is C13H14N4O3S. The van der Waals surface area contributed by atoms with Crippen LogP contribution in [0.5, 0.6) is 0 Å². The summed E-state index contributed by atoms with van der Waals surface area (Å²) in [5, 5.41) is 8.53. The minimum absolute atomic E-state index is 0.0233. The Hall–Kier alpha value is -2.35. The average Bonchev–Trinajstić information content (AvgIpc) is 2.43. The van der Waals surface area contributed by atoms with Gasteiger partial charge in [-0.25, -0.2) is 9.89 Å². The van der Waals surface area contributed by atoms with Crippen LogP contribution in [0.4, 0.5) is 5.69 Å². The molecule has 0 bridgehead atoms. The van der Waals surface area contributed by atoms with Gasteiger partial charge >= 0.3 is 5.69 Å². The van der Waals surface area contributed by atoms with Crippen molar-refractivity contribution in [1.29, 1.82) is 0 Å². The van der Waals surface area contributed by atoms with Gasteiger partial charge in [0.2, 0.25) is 5.91 Å². The molecule has 0 fully saturated rings. The van der Waals surface area contributed by atoms with Crippen molar-refractivity contribution in [3.63, 3.8) is 0 Å². The van der Waals surface area contributed by atoms with Gasteiger partial charge in [0, 0.05) is 5.69 Å². The molecule has 2 aromatic rings. The molecule has 1 aromatic carbocycles. The van der Waals surface area contributed by atoms with Crippen molar-refractivity contribution in [2.24, 2.45) is 0 Å². The monoisotopic (exact) mass is 306 g/mol. The number of amides is 1. The van der Waals surface area contributed by atoms with Gasteiger partial charge in [0.1, 0.15) is 0 Å². The summed E-state index contributed by atoms with van der Waals surface area (Å²) in [6, 6.07) is 5.64. The molecule has 0 atom stereocenters. The number of hydrogen-bond donors (Lipinski definition) is 3. The van der Waals surface area contributed by atoms with Gasteiger partial charge in [-0.05, 0) is 31.0 Å². The van der Waals surface area contributed by atoms with E-state index < -0.39 is 11.2 Å². The number of thioether (sulfide) groups is 1. The quantitative estimate of drug-likeness (QED) is 0.724. The Labute approximate surface area is 124 Å². The average molecular weight is 306 g/mol. The maximum atomic E-state index is 11.9. The number of carbonyl (C=O) groups is 1. The van der Waals surface area contributed by atoms with Crippen molar-refractivity contribution < 1.29 is 4.79 Å². The number of carbonyl (C=O) groups excluding carboxylic acids is 1. The zero-order valence-electron chi connectivity index (χ0n) is 11.5. The van der Waals surface area contributed by atoms with Gasteiger partial charge in [0.15, 0.2) is 5.03 Å². The molecule has 7 nitrogen and oxygen atoms in total. The fraction of sp³-hybridized carbons (Fsp3) is 0.231. The fourth-order valence-corrected chi connectivity index (χ4v) is 2.27. The van der Waals surface area contributed by atoms with Gasteiger partial charge in [-0.3, -0.25) is 14.6 Å². The Balaban J connectivity index is 2.01. The molecule has 0 saturated carbocycles. The molecule has 0 unspecified atom stereocenters. The summed E-state index contributed by atoms with van der Waals surface area (Å²) in [4.78, 5) is 36.2. The number of rotatable bonds is 4. The highest BCUT2D eigenvalue weighted by atomic mass is 32.2. The van der Waals surface area contributed by atoms with Crippen LogP contribution in [-0.4, -0.2) is 26.8 Å². The van der Waals surface area contributed by atoms with Gasteiger partial charge < -0.3 is 5.32 Å². The zero-order valence-corrected chi connectivity index (χ0v) is 12.3. The standard InChI is InChI=1S/C13H14N4O3S/c1-7-4-3-5-9(8(7)2)14-10(18)6-21-12-11(19)15-13(20)17-16-12/h3-5H,6H2,1-2H3,(H,14,18)(H2,15,17,19,20). The minimum Gasteiger partial charge on any atom is -0.325 e. The second-order valence-electron chi connectivity index (χ2n) is 4.40. The van der Waals surface area contributed by atoms with Crippen molar-refractivity contribution in [2.75, 3.05) is 11.1 Å². The number of anilines is 1. The summed E-state index contributed by atoms with van der Waals surface area (Å²) < 4.78 is 0. The summed E-state index contributed by atoms with van der Waals surface area (Å²) in [5.74, 6) is -0.226. The van der Waals surface area contributed by atoms with E-state index in [1.807, 2.05) is 37.0 Å². The Morgan fingerprint density at radius 1 is 1.33 bits per heavy atom. The first-order chi connectivity index (χ1) is 9.97. The van der Waals surface area contributed by atoms with E-state index in [0.29, 0.717) is 0 Å². The van der Waals surface area contributed by atoms with E-state index in [-0.39, 0.29) is 16.7 Å². The Morgan fingerprint density at radius 2 is 2.10 bits per heavy atom. The van der Waals surface area contributed by atoms with Crippen molar-refractivity contribution in [3.05, 3.63) is 50.2 Å². The number of H-pyrrole nitrogens is 2. The number of aromatic nitrogens is 3. The van der Waals surface area contributed by atoms with E-state index in [9.17, 15) is 14.4 Å². The topological polar surface area (TPSA) is 108 Å². The first-order valence-corrected chi connectivity index (χ1v) is 7.14. The number of nitrogens with one attached hydrogen (secondary N) is 3. The molecule has 1 heterocycles. The van der Waals surface area contributed by atoms with Crippen LogP contribution in [0.1, 0.15) is 11.1 Å². The minimum atomic E-state index is -0.677. The van der Waals surface area contributed by atoms with E-state index in [0.717, 1.165) is 28.6 Å². The highest BCUT2D eigenvalue weighted by Crippen LogP contribution is 2.18. The van der Waals surface area contributed by atoms with E-state index in [1.165, 1.54) is 0 Å². The van der Waals surface area contributed by atoms with Crippen LogP contribution < -0.4 is 16.6 Å². The lowest BCUT2D eigenvalue weighted by Gasteiger charge is -2.09. The van der Waals surface area contributed by atoms with Crippen molar-refractivity contribution in [1.82, 2.24) is 15.2 Å². The van der Waals surface area contributed by atoms with Gasteiger partial charge in [-0.2, -0.15) is 5.10 Å². The van der Waals surface area contributed by atoms with E-state index in [4.69, 9.17) is 0 Å². The maximum Gasteiger partial charge on any atom is 0.342 e. The van der Waals surface area contributed by atoms with Crippen molar-refractivity contribution in [3.8, 4) is 0 Å². The number of aryl methyl sites for hydroxylation is 1. The van der Waals surface area contributed by atoms with E-state index in [1.54, 1.807) is 0 Å². The van der Waals surface area contributed by atoms with Gasteiger partial charge in [0.05, 0.1) is 5.75 Å². The zero-order chi connectivity index (χ0) is 15.4. The summed E-state index contributed by atoms with van der Waals surface area (Å²) in [7, 11) is 0. The normalized spacial score (nSPS) is 10.4. The summed E-state index contributed by atoms with van der Waals surface area (Å²) in [5.41, 5.74) is 1.53. The molecule has 0 saturated heterocycles. The number of nitrogens with zero attached hydrogens (tertiary/aromatic N) is 1. The molecule has 2 rings (SSSR count). The molecule has 0 spiro atoms. The molecule has 0 aliphatic heterocycles. The predicted molar refractivity (Wildman–Crippen MR) is 80.7 cm³/mol. The Bertz CT molecular complexity index is 781. The lowest BCUT2D eigenvalue weighted by Crippen LogP contribution is -2.25. The summed E-state index contributed by atoms with van der Waals surface area (Å²) in [6.45, 7) is 3.88. The third kappa shape index (κ3) is 3.82. The van der Waals surface area contributed by atoms with E-state index >= 15 is 0 Å². The smallest absolute Gasteiger partial charge is 0.325 e. The Morgan fingerprint density at radius 3 is 2.81 bits per heavy atom. The van der Waals surface area contributed by atoms with Crippen molar-refractivity contribution >= 4 is 23.4 Å². The van der Waals surface area contributed by atoms with Crippen molar-refractivity contribution in [2.45, 2.75) is 18.9 Å². The number of benzene rings is 1. The molecule has 0 aliphatic carbocycles. The van der Waals surface area contributed by atoms with Gasteiger partial charge in [0.25, 0.3) is 5.56 Å². The molecule has 110 valence electrons. The second-order valence-corrected chi connectivity index (χ2v) is 5.36. The van der Waals surface area contributed by atoms with Crippen LogP contribution in [0.3, 0.4) is 0 Å². The number of hydrogen-bond acceptors (Lipinski definition) is 5. The van der Waals surface area contributed by atoms with Crippen LogP contribution >= 0.6 is 11.8 Å². The lowest BCUT2D eigenvalue weighted by atomic mass is 10.1. The van der Waals surface area contributed by atoms with Crippen LogP contribution in [0.2, 0.25) is 0 Å². The first-order valence-electron chi connectivity index (χ1n) is 6.15. The predicted octanol–water partition coefficient (Wildman–Crippen LogP) is 0.806. The first kappa shape index (κ1) is 15.0. The van der Waals surface area contributed by atoms with E-state index in [2.05, 4.69) is 15.5 Å². The lowest BCUT2D eigenvalue weighted by molar-refractivity contribution is -0.113. The van der Waals surface area contributed by atoms with Gasteiger partial charge in [-0.1, -0.05) is 23.9 Å². The largest absolute Gasteiger partial charge is 0.342 e. The molecule has 1 amide bonds. The summed E-state index contributed by atoms with van der Waals surface area (Å²) in [6.07, 6.45) is 0. The molecule has 8 heteroatoms. The highest BCUT2D eigenvalue weighted by Gasteiger charge is 2.09. The van der Waals surface area contributed by atoms with Crippen LogP contribution in [0, 0.1) is 13.8 Å². The third-order valence-corrected chi connectivity index (χ3v) is 3.86. The molecular weight excluding hydrogens is 292 g/mol. The molecule has 0 radical (unpaired) electrons. The summed E-state index contributed by atoms with van der Waals surface area (Å²) >= 11 is 0.956. The fourth-order valence-electron chi connectivity index (χ4n) is 1.64. The second kappa shape index (κ2) is 6.40. The molecule has 0 aliphatic rings. The van der Waals surface area contributed by atoms with Gasteiger partial charge in [-0.15, -0.1) is 0 Å². The van der Waals surface area contributed by atoms with Crippen LogP contribution in [0.25, 0.3) is 0 Å². The molecule has 1 aromatic heterocycles. The van der Waals surface area contributed by atoms with Crippen LogP contribution in [-0.2, 0) is 4.79 Å². The SMILES string of the molecule is Cc1cccc(NC(=O)CSc2n[nH]c(=O)[nH]c2=O)c1C. The third-order valence-electron chi connectivity index (χ3n) is 2.90. The number of aromatic amines is 2. The molecule has 3 N–H and O–H groups in total. The highest BCUT2D eigenvalue weighted by molar-refractivity contribution is 7.99. The Kier molecular flexibility index (Phi) is 4.59. The van der Waals surface area contributed by atoms with Crippen LogP contribution in [0.15, 0.2) is 32.8 Å².